The van der Waals surface area contributed by atoms with Crippen molar-refractivity contribution in [3.05, 3.63) is 35.9 Å². The van der Waals surface area contributed by atoms with Crippen LogP contribution in [-0.4, -0.2) is 17.7 Å². The number of thiocarbonyl (C=S) groups is 1. The van der Waals surface area contributed by atoms with Crippen molar-refractivity contribution in [2.45, 2.75) is 38.8 Å². The Balaban J connectivity index is 2.66. The fourth-order valence-electron chi connectivity index (χ4n) is 1.66. The van der Waals surface area contributed by atoms with Gasteiger partial charge in [0.15, 0.2) is 5.11 Å². The van der Waals surface area contributed by atoms with Crippen LogP contribution in [0.4, 0.5) is 0 Å². The number of azo groups is 1. The van der Waals surface area contributed by atoms with Crippen molar-refractivity contribution in [1.29, 1.82) is 0 Å². The number of rotatable bonds is 6. The molecule has 6 heteroatoms. The number of hydrazine groups is 1. The normalized spacial score (nSPS) is 13.2. The van der Waals surface area contributed by atoms with Crippen molar-refractivity contribution < 1.29 is 0 Å². The van der Waals surface area contributed by atoms with Crippen molar-refractivity contribution in [3.8, 4) is 0 Å². The molecule has 5 nitrogen and oxygen atoms in total. The first-order chi connectivity index (χ1) is 9.49. The van der Waals surface area contributed by atoms with E-state index in [4.69, 9.17) is 18.1 Å². The summed E-state index contributed by atoms with van der Waals surface area (Å²) in [6, 6.07) is 10.2. The van der Waals surface area contributed by atoms with Crippen molar-refractivity contribution >= 4 is 17.3 Å². The molecule has 20 heavy (non-hydrogen) atoms. The molecule has 0 fully saturated rings. The third-order valence-corrected chi connectivity index (χ3v) is 3.31. The van der Waals surface area contributed by atoms with Crippen LogP contribution in [0.15, 0.2) is 40.6 Å². The predicted molar refractivity (Wildman–Crippen MR) is 86.3 cm³/mol. The van der Waals surface area contributed by atoms with E-state index >= 15 is 0 Å². The third-order valence-electron chi connectivity index (χ3n) is 3.05. The molecule has 1 aromatic rings. The Morgan fingerprint density at radius 2 is 2.00 bits per heavy atom. The highest BCUT2D eigenvalue weighted by molar-refractivity contribution is 7.80. The van der Waals surface area contributed by atoms with Gasteiger partial charge in [0.05, 0.1) is 6.04 Å². The Kier molecular flexibility index (Phi) is 6.54. The average Bonchev–Trinajstić information content (AvgIpc) is 2.48. The minimum absolute atomic E-state index is 0.0734. The summed E-state index contributed by atoms with van der Waals surface area (Å²) in [6.45, 7) is 6.80. The lowest BCUT2D eigenvalue weighted by Gasteiger charge is -2.20. The summed E-state index contributed by atoms with van der Waals surface area (Å²) in [6.07, 6.45) is 0.883. The minimum atomic E-state index is -0.332. The fraction of sp³-hybridized carbons (Fsp3) is 0.500. The Morgan fingerprint density at radius 3 is 2.55 bits per heavy atom. The number of nitrogens with one attached hydrogen (secondary N) is 2. The maximum absolute atomic E-state index is 5.21. The standard InChI is InChI=1S/C14H23N5S/c1-4-12(10-16-13(20)17-15)18-19-14(2,3)11-8-6-5-7-9-11/h5-9,12H,4,10,15H2,1-3H3,(H2,16,17,20). The Morgan fingerprint density at radius 1 is 1.35 bits per heavy atom. The van der Waals surface area contributed by atoms with Gasteiger partial charge in [0, 0.05) is 6.54 Å². The summed E-state index contributed by atoms with van der Waals surface area (Å²) in [7, 11) is 0. The maximum Gasteiger partial charge on any atom is 0.180 e. The van der Waals surface area contributed by atoms with E-state index in [0.717, 1.165) is 12.0 Å². The lowest BCUT2D eigenvalue weighted by Crippen LogP contribution is -2.42. The summed E-state index contributed by atoms with van der Waals surface area (Å²) in [5.74, 6) is 5.21. The zero-order valence-corrected chi connectivity index (χ0v) is 13.1. The van der Waals surface area contributed by atoms with E-state index in [0.29, 0.717) is 11.7 Å². The van der Waals surface area contributed by atoms with E-state index in [1.807, 2.05) is 18.2 Å². The molecule has 1 unspecified atom stereocenters. The summed E-state index contributed by atoms with van der Waals surface area (Å²) in [5, 5.41) is 12.3. The van der Waals surface area contributed by atoms with Crippen LogP contribution < -0.4 is 16.6 Å². The van der Waals surface area contributed by atoms with E-state index < -0.39 is 0 Å². The van der Waals surface area contributed by atoms with Gasteiger partial charge in [-0.2, -0.15) is 10.2 Å². The van der Waals surface area contributed by atoms with E-state index in [1.165, 1.54) is 0 Å². The Hall–Kier alpha value is -1.53. The van der Waals surface area contributed by atoms with E-state index in [9.17, 15) is 0 Å². The Bertz CT molecular complexity index is 444. The first kappa shape index (κ1) is 16.5. The van der Waals surface area contributed by atoms with Crippen molar-refractivity contribution in [2.24, 2.45) is 16.1 Å². The number of hydrogen-bond donors (Lipinski definition) is 3. The van der Waals surface area contributed by atoms with Crippen LogP contribution in [0.2, 0.25) is 0 Å². The third kappa shape index (κ3) is 5.22. The van der Waals surface area contributed by atoms with Gasteiger partial charge in [-0.1, -0.05) is 37.3 Å². The molecule has 0 aliphatic carbocycles. The number of nitrogens with zero attached hydrogens (tertiary/aromatic N) is 2. The molecule has 0 heterocycles. The van der Waals surface area contributed by atoms with E-state index in [1.54, 1.807) is 0 Å². The lowest BCUT2D eigenvalue weighted by atomic mass is 9.96. The van der Waals surface area contributed by atoms with Gasteiger partial charge in [-0.25, -0.2) is 5.84 Å². The smallest absolute Gasteiger partial charge is 0.180 e. The molecule has 0 aromatic heterocycles. The molecule has 0 aliphatic heterocycles. The van der Waals surface area contributed by atoms with Crippen molar-refractivity contribution in [2.75, 3.05) is 6.54 Å². The largest absolute Gasteiger partial charge is 0.359 e. The zero-order chi connectivity index (χ0) is 15.0. The van der Waals surface area contributed by atoms with Gasteiger partial charge in [-0.15, -0.1) is 0 Å². The first-order valence-electron chi connectivity index (χ1n) is 6.71. The first-order valence-corrected chi connectivity index (χ1v) is 7.12. The van der Waals surface area contributed by atoms with Crippen LogP contribution in [0.1, 0.15) is 32.8 Å². The molecular weight excluding hydrogens is 270 g/mol. The van der Waals surface area contributed by atoms with Crippen molar-refractivity contribution in [3.63, 3.8) is 0 Å². The van der Waals surface area contributed by atoms with Gasteiger partial charge in [0.2, 0.25) is 0 Å². The summed E-state index contributed by atoms with van der Waals surface area (Å²) in [5.41, 5.74) is 3.20. The maximum atomic E-state index is 5.21. The molecular formula is C14H23N5S. The quantitative estimate of drug-likeness (QED) is 0.326. The number of nitrogens with two attached hydrogens (primary N) is 1. The lowest BCUT2D eigenvalue weighted by molar-refractivity contribution is 0.479. The topological polar surface area (TPSA) is 74.8 Å². The summed E-state index contributed by atoms with van der Waals surface area (Å²) < 4.78 is 0. The molecule has 0 amide bonds. The molecule has 4 N–H and O–H groups in total. The summed E-state index contributed by atoms with van der Waals surface area (Å²) in [4.78, 5) is 0. The second kappa shape index (κ2) is 7.91. The van der Waals surface area contributed by atoms with Crippen LogP contribution in [0, 0.1) is 0 Å². The zero-order valence-electron chi connectivity index (χ0n) is 12.3. The highest BCUT2D eigenvalue weighted by Crippen LogP contribution is 2.25. The van der Waals surface area contributed by atoms with E-state index in [-0.39, 0.29) is 11.6 Å². The van der Waals surface area contributed by atoms with Gasteiger partial charge in [-0.3, -0.25) is 0 Å². The second-order valence-electron chi connectivity index (χ2n) is 5.06. The van der Waals surface area contributed by atoms with Gasteiger partial charge < -0.3 is 10.7 Å². The fourth-order valence-corrected chi connectivity index (χ4v) is 1.74. The van der Waals surface area contributed by atoms with Crippen LogP contribution >= 0.6 is 12.2 Å². The van der Waals surface area contributed by atoms with E-state index in [2.05, 4.69) is 53.9 Å². The molecule has 0 saturated carbocycles. The molecule has 110 valence electrons. The predicted octanol–water partition coefficient (Wildman–Crippen LogP) is 2.49. The molecule has 1 aromatic carbocycles. The van der Waals surface area contributed by atoms with Gasteiger partial charge in [-0.05, 0) is 38.0 Å². The Labute approximate surface area is 126 Å². The molecule has 0 saturated heterocycles. The highest BCUT2D eigenvalue weighted by atomic mass is 32.1. The van der Waals surface area contributed by atoms with Crippen molar-refractivity contribution in [1.82, 2.24) is 10.7 Å². The average molecular weight is 293 g/mol. The monoisotopic (exact) mass is 293 g/mol. The van der Waals surface area contributed by atoms with Crippen LogP contribution in [0.25, 0.3) is 0 Å². The van der Waals surface area contributed by atoms with Crippen LogP contribution in [0.3, 0.4) is 0 Å². The minimum Gasteiger partial charge on any atom is -0.359 e. The molecule has 0 aliphatic rings. The molecule has 0 radical (unpaired) electrons. The summed E-state index contributed by atoms with van der Waals surface area (Å²) >= 11 is 4.94. The molecule has 1 atom stereocenters. The van der Waals surface area contributed by atoms with Crippen LogP contribution in [-0.2, 0) is 5.54 Å². The molecule has 1 rings (SSSR count). The SMILES string of the molecule is CCC(CNC(=S)NN)N=NC(C)(C)c1ccccc1. The van der Waals surface area contributed by atoms with Crippen LogP contribution in [0.5, 0.6) is 0 Å². The van der Waals surface area contributed by atoms with Gasteiger partial charge in [0.25, 0.3) is 0 Å². The van der Waals surface area contributed by atoms with Gasteiger partial charge in [0.1, 0.15) is 5.54 Å². The molecule has 0 spiro atoms. The highest BCUT2D eigenvalue weighted by Gasteiger charge is 2.19. The van der Waals surface area contributed by atoms with Gasteiger partial charge >= 0.3 is 0 Å². The number of benzene rings is 1. The number of hydrogen-bond acceptors (Lipinski definition) is 4. The molecule has 0 bridgehead atoms. The second-order valence-corrected chi connectivity index (χ2v) is 5.47.